The summed E-state index contributed by atoms with van der Waals surface area (Å²) in [4.78, 5) is 34.4. The SMILES string of the molecule is O=C(CCc1ccc(CC2CCN(C(=O)c3cnccn3)CC2)cc1)NCC1CC1. The van der Waals surface area contributed by atoms with E-state index in [1.54, 1.807) is 12.4 Å². The number of hydrogen-bond acceptors (Lipinski definition) is 4. The van der Waals surface area contributed by atoms with Gasteiger partial charge < -0.3 is 10.2 Å². The van der Waals surface area contributed by atoms with Crippen LogP contribution in [0.2, 0.25) is 0 Å². The third-order valence-electron chi connectivity index (χ3n) is 6.16. The van der Waals surface area contributed by atoms with Crippen molar-refractivity contribution >= 4 is 11.8 Å². The van der Waals surface area contributed by atoms with Crippen LogP contribution in [0, 0.1) is 11.8 Å². The van der Waals surface area contributed by atoms with E-state index < -0.39 is 0 Å². The zero-order valence-electron chi connectivity index (χ0n) is 17.4. The van der Waals surface area contributed by atoms with Gasteiger partial charge in [0.25, 0.3) is 5.91 Å². The highest BCUT2D eigenvalue weighted by molar-refractivity contribution is 5.92. The Bertz CT molecular complexity index is 841. The van der Waals surface area contributed by atoms with Gasteiger partial charge in [0.2, 0.25) is 5.91 Å². The lowest BCUT2D eigenvalue weighted by atomic mass is 9.89. The van der Waals surface area contributed by atoms with Gasteiger partial charge in [-0.3, -0.25) is 14.6 Å². The van der Waals surface area contributed by atoms with Gasteiger partial charge in [-0.1, -0.05) is 24.3 Å². The number of likely N-dealkylation sites (tertiary alicyclic amines) is 1. The Hall–Kier alpha value is -2.76. The Morgan fingerprint density at radius 3 is 2.37 bits per heavy atom. The highest BCUT2D eigenvalue weighted by atomic mass is 16.2. The lowest BCUT2D eigenvalue weighted by molar-refractivity contribution is -0.121. The molecule has 0 bridgehead atoms. The number of benzene rings is 1. The molecular weight excluding hydrogens is 376 g/mol. The monoisotopic (exact) mass is 406 g/mol. The normalized spacial score (nSPS) is 17.0. The molecule has 0 radical (unpaired) electrons. The molecular formula is C24H30N4O2. The molecule has 30 heavy (non-hydrogen) atoms. The van der Waals surface area contributed by atoms with Crippen LogP contribution in [0.4, 0.5) is 0 Å². The molecule has 158 valence electrons. The van der Waals surface area contributed by atoms with Gasteiger partial charge in [0.1, 0.15) is 5.69 Å². The standard InChI is InChI=1S/C24H30N4O2/c29-23(27-16-21-5-6-21)8-7-18-1-3-19(4-2-18)15-20-9-13-28(14-10-20)24(30)22-17-25-11-12-26-22/h1-4,11-12,17,20-21H,5-10,13-16H2,(H,27,29). The van der Waals surface area contributed by atoms with Crippen LogP contribution in [0.25, 0.3) is 0 Å². The van der Waals surface area contributed by atoms with Crippen molar-refractivity contribution in [2.75, 3.05) is 19.6 Å². The first-order valence-electron chi connectivity index (χ1n) is 11.1. The zero-order chi connectivity index (χ0) is 20.8. The van der Waals surface area contributed by atoms with Crippen molar-refractivity contribution in [1.82, 2.24) is 20.2 Å². The molecule has 0 atom stereocenters. The van der Waals surface area contributed by atoms with Crippen molar-refractivity contribution in [3.8, 4) is 0 Å². The van der Waals surface area contributed by atoms with E-state index in [4.69, 9.17) is 0 Å². The second-order valence-electron chi connectivity index (χ2n) is 8.59. The summed E-state index contributed by atoms with van der Waals surface area (Å²) in [6.45, 7) is 2.39. The Morgan fingerprint density at radius 1 is 0.967 bits per heavy atom. The third-order valence-corrected chi connectivity index (χ3v) is 6.16. The maximum Gasteiger partial charge on any atom is 0.274 e. The van der Waals surface area contributed by atoms with Crippen LogP contribution in [-0.4, -0.2) is 46.3 Å². The van der Waals surface area contributed by atoms with Crippen molar-refractivity contribution in [2.45, 2.75) is 44.9 Å². The zero-order valence-corrected chi connectivity index (χ0v) is 17.4. The molecule has 2 amide bonds. The lowest BCUT2D eigenvalue weighted by Gasteiger charge is -2.31. The molecule has 2 heterocycles. The minimum Gasteiger partial charge on any atom is -0.356 e. The fourth-order valence-electron chi connectivity index (χ4n) is 4.01. The van der Waals surface area contributed by atoms with Gasteiger partial charge >= 0.3 is 0 Å². The number of nitrogens with one attached hydrogen (secondary N) is 1. The number of carbonyl (C=O) groups is 2. The fourth-order valence-corrected chi connectivity index (χ4v) is 4.01. The van der Waals surface area contributed by atoms with Crippen LogP contribution in [0.15, 0.2) is 42.9 Å². The Kier molecular flexibility index (Phi) is 6.72. The van der Waals surface area contributed by atoms with E-state index in [0.717, 1.165) is 51.2 Å². The van der Waals surface area contributed by atoms with Gasteiger partial charge in [-0.05, 0) is 61.5 Å². The van der Waals surface area contributed by atoms with Crippen molar-refractivity contribution in [1.29, 1.82) is 0 Å². The number of aromatic nitrogens is 2. The van der Waals surface area contributed by atoms with Crippen LogP contribution in [0.5, 0.6) is 0 Å². The highest BCUT2D eigenvalue weighted by Crippen LogP contribution is 2.27. The molecule has 1 aliphatic heterocycles. The molecule has 0 spiro atoms. The maximum absolute atomic E-state index is 12.5. The average Bonchev–Trinajstić information content (AvgIpc) is 3.62. The fraction of sp³-hybridized carbons (Fsp3) is 0.500. The minimum absolute atomic E-state index is 0.0212. The number of piperidine rings is 1. The first-order chi connectivity index (χ1) is 14.7. The molecule has 1 aliphatic carbocycles. The predicted octanol–water partition coefficient (Wildman–Crippen LogP) is 3.03. The first kappa shape index (κ1) is 20.5. The van der Waals surface area contributed by atoms with Gasteiger partial charge in [-0.15, -0.1) is 0 Å². The Labute approximate surface area is 178 Å². The summed E-state index contributed by atoms with van der Waals surface area (Å²) in [6.07, 6.45) is 11.6. The first-order valence-corrected chi connectivity index (χ1v) is 11.1. The van der Waals surface area contributed by atoms with Crippen molar-refractivity contribution < 1.29 is 9.59 Å². The summed E-state index contributed by atoms with van der Waals surface area (Å²) in [5, 5.41) is 3.03. The van der Waals surface area contributed by atoms with Gasteiger partial charge in [0.05, 0.1) is 6.20 Å². The van der Waals surface area contributed by atoms with Crippen LogP contribution in [-0.2, 0) is 17.6 Å². The number of aryl methyl sites for hydroxylation is 1. The highest BCUT2D eigenvalue weighted by Gasteiger charge is 2.24. The van der Waals surface area contributed by atoms with Gasteiger partial charge in [-0.25, -0.2) is 4.98 Å². The maximum atomic E-state index is 12.5. The topological polar surface area (TPSA) is 75.2 Å². The van der Waals surface area contributed by atoms with Gasteiger partial charge in [-0.2, -0.15) is 0 Å². The van der Waals surface area contributed by atoms with Crippen molar-refractivity contribution in [3.63, 3.8) is 0 Å². The lowest BCUT2D eigenvalue weighted by Crippen LogP contribution is -2.39. The molecule has 6 nitrogen and oxygen atoms in total. The molecule has 1 saturated carbocycles. The summed E-state index contributed by atoms with van der Waals surface area (Å²) in [5.74, 6) is 1.46. The molecule has 2 aliphatic rings. The van der Waals surface area contributed by atoms with E-state index in [9.17, 15) is 9.59 Å². The molecule has 6 heteroatoms. The van der Waals surface area contributed by atoms with Crippen LogP contribution >= 0.6 is 0 Å². The average molecular weight is 407 g/mol. The number of nitrogens with zero attached hydrogens (tertiary/aromatic N) is 3. The van der Waals surface area contributed by atoms with Crippen molar-refractivity contribution in [3.05, 3.63) is 59.7 Å². The van der Waals surface area contributed by atoms with E-state index in [-0.39, 0.29) is 11.8 Å². The van der Waals surface area contributed by atoms with Crippen LogP contribution < -0.4 is 5.32 Å². The van der Waals surface area contributed by atoms with E-state index in [1.807, 2.05) is 4.90 Å². The molecule has 4 rings (SSSR count). The smallest absolute Gasteiger partial charge is 0.274 e. The van der Waals surface area contributed by atoms with E-state index in [2.05, 4.69) is 39.6 Å². The molecule has 1 N–H and O–H groups in total. The Balaban J connectivity index is 1.18. The molecule has 2 fully saturated rings. The summed E-state index contributed by atoms with van der Waals surface area (Å²) >= 11 is 0. The summed E-state index contributed by atoms with van der Waals surface area (Å²) in [7, 11) is 0. The van der Waals surface area contributed by atoms with E-state index in [0.29, 0.717) is 18.0 Å². The largest absolute Gasteiger partial charge is 0.356 e. The Morgan fingerprint density at radius 2 is 1.70 bits per heavy atom. The second kappa shape index (κ2) is 9.83. The number of carbonyl (C=O) groups excluding carboxylic acids is 2. The molecule has 0 unspecified atom stereocenters. The van der Waals surface area contributed by atoms with Crippen LogP contribution in [0.3, 0.4) is 0 Å². The minimum atomic E-state index is -0.0212. The molecule has 1 saturated heterocycles. The van der Waals surface area contributed by atoms with Gasteiger partial charge in [0, 0.05) is 38.4 Å². The number of rotatable bonds is 8. The molecule has 1 aromatic carbocycles. The molecule has 1 aromatic heterocycles. The summed E-state index contributed by atoms with van der Waals surface area (Å²) < 4.78 is 0. The summed E-state index contributed by atoms with van der Waals surface area (Å²) in [6, 6.07) is 8.68. The third kappa shape index (κ3) is 5.88. The molecule has 2 aromatic rings. The number of hydrogen-bond donors (Lipinski definition) is 1. The van der Waals surface area contributed by atoms with Crippen LogP contribution in [0.1, 0.15) is 53.7 Å². The quantitative estimate of drug-likeness (QED) is 0.731. The van der Waals surface area contributed by atoms with E-state index >= 15 is 0 Å². The van der Waals surface area contributed by atoms with E-state index in [1.165, 1.54) is 30.2 Å². The second-order valence-corrected chi connectivity index (χ2v) is 8.59. The predicted molar refractivity (Wildman–Crippen MR) is 115 cm³/mol. The van der Waals surface area contributed by atoms with Crippen molar-refractivity contribution in [2.24, 2.45) is 11.8 Å². The summed E-state index contributed by atoms with van der Waals surface area (Å²) in [5.41, 5.74) is 2.97. The number of amides is 2. The van der Waals surface area contributed by atoms with Gasteiger partial charge in [0.15, 0.2) is 0 Å².